The molecular weight excluding hydrogens is 580 g/mol. The summed E-state index contributed by atoms with van der Waals surface area (Å²) in [5, 5.41) is 0. The molecule has 2 saturated heterocycles. The highest BCUT2D eigenvalue weighted by molar-refractivity contribution is 5.86. The highest BCUT2D eigenvalue weighted by atomic mass is 16.6. The maximum Gasteiger partial charge on any atom is 0.306 e. The molecule has 2 fully saturated rings. The fraction of sp³-hybridized carbons (Fsp3) is 0.895. The molecule has 2 rings (SSSR count). The van der Waals surface area contributed by atoms with Gasteiger partial charge in [0.15, 0.2) is 5.78 Å². The van der Waals surface area contributed by atoms with E-state index in [9.17, 15) is 19.2 Å². The predicted octanol–water partition coefficient (Wildman–Crippen LogP) is 7.75. The van der Waals surface area contributed by atoms with E-state index in [1.54, 1.807) is 0 Å². The van der Waals surface area contributed by atoms with Crippen LogP contribution in [0.25, 0.3) is 0 Å². The molecule has 0 bridgehead atoms. The Labute approximate surface area is 281 Å². The van der Waals surface area contributed by atoms with Gasteiger partial charge in [-0.15, -0.1) is 0 Å². The second-order valence-electron chi connectivity index (χ2n) is 18.8. The molecule has 2 aliphatic rings. The molecule has 0 aromatic carbocycles. The van der Waals surface area contributed by atoms with Crippen LogP contribution in [-0.4, -0.2) is 76.3 Å². The van der Waals surface area contributed by atoms with Crippen molar-refractivity contribution in [2.24, 2.45) is 21.7 Å². The Hall–Kier alpha value is -1.96. The normalized spacial score (nSPS) is 18.7. The van der Waals surface area contributed by atoms with Gasteiger partial charge in [-0.2, -0.15) is 0 Å². The first-order valence-corrected chi connectivity index (χ1v) is 17.7. The molecule has 2 aliphatic heterocycles. The summed E-state index contributed by atoms with van der Waals surface area (Å²) >= 11 is 0. The Morgan fingerprint density at radius 2 is 1.26 bits per heavy atom. The van der Waals surface area contributed by atoms with Crippen LogP contribution in [0.15, 0.2) is 0 Å². The number of nitrogens with zero attached hydrogens (tertiary/aromatic N) is 2. The summed E-state index contributed by atoms with van der Waals surface area (Å²) in [6.07, 6.45) is 5.44. The number of carbonyl (C=O) groups is 4. The van der Waals surface area contributed by atoms with E-state index >= 15 is 0 Å². The number of likely N-dealkylation sites (tertiary alicyclic amines) is 2. The van der Waals surface area contributed by atoms with Crippen molar-refractivity contribution in [1.29, 1.82) is 0 Å². The molecular formula is C38H68N2O6. The molecule has 0 N–H and O–H groups in total. The molecule has 0 aromatic rings. The van der Waals surface area contributed by atoms with Crippen LogP contribution in [0.2, 0.25) is 0 Å². The molecule has 0 saturated carbocycles. The average Bonchev–Trinajstić information content (AvgIpc) is 3.45. The molecule has 8 nitrogen and oxygen atoms in total. The summed E-state index contributed by atoms with van der Waals surface area (Å²) in [5.41, 5.74) is -2.54. The Morgan fingerprint density at radius 3 is 1.72 bits per heavy atom. The summed E-state index contributed by atoms with van der Waals surface area (Å²) in [7, 11) is 0. The Morgan fingerprint density at radius 1 is 0.739 bits per heavy atom. The molecule has 2 atom stereocenters. The highest BCUT2D eigenvalue weighted by Gasteiger charge is 2.46. The number of rotatable bonds is 16. The zero-order valence-corrected chi connectivity index (χ0v) is 32.0. The summed E-state index contributed by atoms with van der Waals surface area (Å²) in [6, 6.07) is 0.0912. The molecule has 0 aliphatic carbocycles. The Kier molecular flexibility index (Phi) is 12.8. The van der Waals surface area contributed by atoms with Crippen molar-refractivity contribution in [2.45, 2.75) is 178 Å². The number of ketones is 1. The van der Waals surface area contributed by atoms with Gasteiger partial charge in [-0.05, 0) is 75.0 Å². The molecule has 0 radical (unpaired) electrons. The second kappa shape index (κ2) is 14.7. The minimum absolute atomic E-state index is 0.0300. The number of hydrogen-bond donors (Lipinski definition) is 0. The topological polar surface area (TPSA) is 93.2 Å². The number of ether oxygens (including phenoxy) is 2. The maximum atomic E-state index is 13.4. The van der Waals surface area contributed by atoms with Gasteiger partial charge in [0.2, 0.25) is 11.8 Å². The van der Waals surface area contributed by atoms with Crippen molar-refractivity contribution < 1.29 is 28.7 Å². The minimum Gasteiger partial charge on any atom is -0.460 e. The number of esters is 1. The first-order chi connectivity index (χ1) is 20.7. The van der Waals surface area contributed by atoms with E-state index in [-0.39, 0.29) is 70.3 Å². The minimum atomic E-state index is -0.978. The third kappa shape index (κ3) is 11.3. The summed E-state index contributed by atoms with van der Waals surface area (Å²) in [5.74, 6) is 0.181. The van der Waals surface area contributed by atoms with Crippen molar-refractivity contribution >= 4 is 23.6 Å². The van der Waals surface area contributed by atoms with E-state index in [4.69, 9.17) is 9.47 Å². The molecule has 46 heavy (non-hydrogen) atoms. The zero-order chi connectivity index (χ0) is 35.5. The molecule has 8 heteroatoms. The lowest BCUT2D eigenvalue weighted by Crippen LogP contribution is -2.53. The van der Waals surface area contributed by atoms with Crippen LogP contribution in [0, 0.1) is 21.7 Å². The van der Waals surface area contributed by atoms with Crippen molar-refractivity contribution in [3.63, 3.8) is 0 Å². The van der Waals surface area contributed by atoms with E-state index in [2.05, 4.69) is 69.2 Å². The van der Waals surface area contributed by atoms with E-state index < -0.39 is 11.2 Å². The fourth-order valence-corrected chi connectivity index (χ4v) is 7.77. The monoisotopic (exact) mass is 649 g/mol. The van der Waals surface area contributed by atoms with Gasteiger partial charge in [-0.25, -0.2) is 0 Å². The lowest BCUT2D eigenvalue weighted by atomic mass is 9.67. The van der Waals surface area contributed by atoms with Gasteiger partial charge in [-0.3, -0.25) is 19.2 Å². The molecule has 2 heterocycles. The van der Waals surface area contributed by atoms with Crippen LogP contribution < -0.4 is 0 Å². The molecule has 2 unspecified atom stereocenters. The Bertz CT molecular complexity index is 1090. The second-order valence-corrected chi connectivity index (χ2v) is 18.8. The average molecular weight is 649 g/mol. The third-order valence-electron chi connectivity index (χ3n) is 10.1. The fourth-order valence-electron chi connectivity index (χ4n) is 7.77. The van der Waals surface area contributed by atoms with Gasteiger partial charge in [0.25, 0.3) is 0 Å². The number of amides is 2. The van der Waals surface area contributed by atoms with Crippen molar-refractivity contribution in [3.05, 3.63) is 0 Å². The number of carbonyl (C=O) groups excluding carboxylic acids is 4. The van der Waals surface area contributed by atoms with Crippen LogP contribution >= 0.6 is 0 Å². The van der Waals surface area contributed by atoms with Crippen LogP contribution in [-0.2, 0) is 28.7 Å². The van der Waals surface area contributed by atoms with Gasteiger partial charge >= 0.3 is 5.97 Å². The quantitative estimate of drug-likeness (QED) is 0.159. The smallest absolute Gasteiger partial charge is 0.306 e. The van der Waals surface area contributed by atoms with Crippen LogP contribution in [0.1, 0.15) is 155 Å². The van der Waals surface area contributed by atoms with Gasteiger partial charge in [-0.1, -0.05) is 69.2 Å². The SMILES string of the molecule is CC(C)(CC(=O)OC(C)(C)CCOC(C)(C)C(=O)CCC(C)(C)C(N1CCCC1=O)C(C)(C)C)CC(N1CCCC1=O)C(C)(C)C. The number of Topliss-reactive ketones (excluding diaryl/α,β-unsaturated/α-hetero) is 1. The van der Waals surface area contributed by atoms with Crippen LogP contribution in [0.4, 0.5) is 0 Å². The zero-order valence-electron chi connectivity index (χ0n) is 32.0. The largest absolute Gasteiger partial charge is 0.460 e. The first-order valence-electron chi connectivity index (χ1n) is 17.7. The van der Waals surface area contributed by atoms with Crippen molar-refractivity contribution in [1.82, 2.24) is 9.80 Å². The number of hydrogen-bond acceptors (Lipinski definition) is 6. The molecule has 266 valence electrons. The molecule has 2 amide bonds. The lowest BCUT2D eigenvalue weighted by Gasteiger charge is -2.48. The van der Waals surface area contributed by atoms with Gasteiger partial charge in [0.1, 0.15) is 11.2 Å². The van der Waals surface area contributed by atoms with E-state index in [1.165, 1.54) is 0 Å². The van der Waals surface area contributed by atoms with Gasteiger partial charge in [0.05, 0.1) is 13.0 Å². The van der Waals surface area contributed by atoms with E-state index in [0.717, 1.165) is 32.4 Å². The first kappa shape index (κ1) is 40.2. The summed E-state index contributed by atoms with van der Waals surface area (Å²) in [6.45, 7) is 30.7. The highest BCUT2D eigenvalue weighted by Crippen LogP contribution is 2.43. The molecule has 0 spiro atoms. The van der Waals surface area contributed by atoms with Crippen LogP contribution in [0.5, 0.6) is 0 Å². The van der Waals surface area contributed by atoms with Gasteiger partial charge < -0.3 is 19.3 Å². The van der Waals surface area contributed by atoms with Gasteiger partial charge in [0, 0.05) is 50.9 Å². The van der Waals surface area contributed by atoms with E-state index in [1.807, 2.05) is 37.5 Å². The van der Waals surface area contributed by atoms with Crippen molar-refractivity contribution in [3.8, 4) is 0 Å². The summed E-state index contributed by atoms with van der Waals surface area (Å²) in [4.78, 5) is 55.9. The lowest BCUT2D eigenvalue weighted by molar-refractivity contribution is -0.163. The standard InChI is InChI=1S/C38H68N2O6/c1-33(2,3)27(39-22-15-17-29(39)42)25-35(7,8)26-31(44)46-37(11,12)21-24-45-38(13,14)28(41)19-20-36(9,10)32(34(4,5)6)40-23-16-18-30(40)43/h27,32H,15-26H2,1-14H3. The summed E-state index contributed by atoms with van der Waals surface area (Å²) < 4.78 is 12.1. The van der Waals surface area contributed by atoms with E-state index in [0.29, 0.717) is 32.1 Å². The maximum absolute atomic E-state index is 13.4. The predicted molar refractivity (Wildman–Crippen MR) is 184 cm³/mol. The third-order valence-corrected chi connectivity index (χ3v) is 10.1. The van der Waals surface area contributed by atoms with Crippen LogP contribution in [0.3, 0.4) is 0 Å². The Balaban J connectivity index is 1.91. The van der Waals surface area contributed by atoms with Crippen molar-refractivity contribution in [2.75, 3.05) is 19.7 Å². The molecule has 0 aromatic heterocycles.